The Balaban J connectivity index is 1.58. The molecule has 0 aliphatic heterocycles. The van der Waals surface area contributed by atoms with Gasteiger partial charge in [-0.1, -0.05) is 19.1 Å². The number of carbonyl (C=O) groups is 1. The maximum atomic E-state index is 12.1. The molecule has 2 amide bonds. The minimum Gasteiger partial charge on any atom is -0.457 e. The summed E-state index contributed by atoms with van der Waals surface area (Å²) in [5.74, 6) is 1.11. The third-order valence-corrected chi connectivity index (χ3v) is 3.81. The SMILES string of the molecule is CCc1ccc(NC(=O)Nc2ccc(Oc3ccnc(C#N)c3)cc2)cc1. The molecule has 0 aliphatic rings. The van der Waals surface area contributed by atoms with E-state index in [1.807, 2.05) is 30.3 Å². The number of urea groups is 1. The van der Waals surface area contributed by atoms with Crippen molar-refractivity contribution in [3.8, 4) is 17.6 Å². The highest BCUT2D eigenvalue weighted by Crippen LogP contribution is 2.23. The van der Waals surface area contributed by atoms with Gasteiger partial charge in [-0.15, -0.1) is 0 Å². The van der Waals surface area contributed by atoms with E-state index in [9.17, 15) is 4.79 Å². The fourth-order valence-corrected chi connectivity index (χ4v) is 2.40. The van der Waals surface area contributed by atoms with Crippen LogP contribution in [0.25, 0.3) is 0 Å². The first-order valence-electron chi connectivity index (χ1n) is 8.47. The van der Waals surface area contributed by atoms with Gasteiger partial charge in [-0.05, 0) is 54.4 Å². The van der Waals surface area contributed by atoms with Gasteiger partial charge in [0.1, 0.15) is 23.3 Å². The molecule has 27 heavy (non-hydrogen) atoms. The molecule has 0 fully saturated rings. The van der Waals surface area contributed by atoms with Crippen molar-refractivity contribution in [2.45, 2.75) is 13.3 Å². The number of amides is 2. The van der Waals surface area contributed by atoms with Gasteiger partial charge in [-0.3, -0.25) is 0 Å². The number of ether oxygens (including phenoxy) is 1. The van der Waals surface area contributed by atoms with Crippen molar-refractivity contribution >= 4 is 17.4 Å². The number of hydrogen-bond donors (Lipinski definition) is 2. The predicted molar refractivity (Wildman–Crippen MR) is 104 cm³/mol. The minimum absolute atomic E-state index is 0.287. The number of aryl methyl sites for hydroxylation is 1. The van der Waals surface area contributed by atoms with Crippen LogP contribution >= 0.6 is 0 Å². The third-order valence-electron chi connectivity index (χ3n) is 3.81. The van der Waals surface area contributed by atoms with Gasteiger partial charge in [0.25, 0.3) is 0 Å². The summed E-state index contributed by atoms with van der Waals surface area (Å²) in [4.78, 5) is 16.0. The van der Waals surface area contributed by atoms with E-state index in [0.29, 0.717) is 17.2 Å². The molecule has 0 saturated carbocycles. The second-order valence-corrected chi connectivity index (χ2v) is 5.74. The van der Waals surface area contributed by atoms with Gasteiger partial charge in [0.05, 0.1) is 0 Å². The highest BCUT2D eigenvalue weighted by Gasteiger charge is 2.04. The average Bonchev–Trinajstić information content (AvgIpc) is 2.70. The average molecular weight is 358 g/mol. The number of rotatable bonds is 5. The van der Waals surface area contributed by atoms with Crippen LogP contribution in [0.4, 0.5) is 16.2 Å². The number of pyridine rings is 1. The molecule has 0 atom stereocenters. The standard InChI is InChI=1S/C21H18N4O2/c1-2-15-3-5-16(6-4-15)24-21(26)25-17-7-9-19(10-8-17)27-20-11-12-23-18(13-20)14-22/h3-13H,2H2,1H3,(H2,24,25,26). The van der Waals surface area contributed by atoms with Crippen molar-refractivity contribution in [2.75, 3.05) is 10.6 Å². The third kappa shape index (κ3) is 5.06. The summed E-state index contributed by atoms with van der Waals surface area (Å²) in [5.41, 5.74) is 2.87. The van der Waals surface area contributed by atoms with Gasteiger partial charge in [-0.2, -0.15) is 5.26 Å². The molecule has 0 spiro atoms. The first kappa shape index (κ1) is 18.0. The Hall–Kier alpha value is -3.85. The van der Waals surface area contributed by atoms with Gasteiger partial charge in [0.2, 0.25) is 0 Å². The van der Waals surface area contributed by atoms with E-state index < -0.39 is 0 Å². The van der Waals surface area contributed by atoms with Gasteiger partial charge >= 0.3 is 6.03 Å². The molecular weight excluding hydrogens is 340 g/mol. The zero-order valence-corrected chi connectivity index (χ0v) is 14.8. The van der Waals surface area contributed by atoms with Crippen LogP contribution in [-0.4, -0.2) is 11.0 Å². The molecule has 2 aromatic carbocycles. The zero-order valence-electron chi connectivity index (χ0n) is 14.8. The van der Waals surface area contributed by atoms with Crippen molar-refractivity contribution in [2.24, 2.45) is 0 Å². The molecule has 6 nitrogen and oxygen atoms in total. The maximum Gasteiger partial charge on any atom is 0.323 e. The van der Waals surface area contributed by atoms with Crippen molar-refractivity contribution < 1.29 is 9.53 Å². The Kier molecular flexibility index (Phi) is 5.65. The number of benzene rings is 2. The normalized spacial score (nSPS) is 9.93. The summed E-state index contributed by atoms with van der Waals surface area (Å²) >= 11 is 0. The number of nitrogens with zero attached hydrogens (tertiary/aromatic N) is 2. The Morgan fingerprint density at radius 3 is 2.22 bits per heavy atom. The van der Waals surface area contributed by atoms with Crippen molar-refractivity contribution in [3.63, 3.8) is 0 Å². The largest absolute Gasteiger partial charge is 0.457 e. The first-order valence-corrected chi connectivity index (χ1v) is 8.47. The number of aromatic nitrogens is 1. The lowest BCUT2D eigenvalue weighted by Crippen LogP contribution is -2.19. The number of hydrogen-bond acceptors (Lipinski definition) is 4. The van der Waals surface area contributed by atoms with Crippen molar-refractivity contribution in [1.29, 1.82) is 5.26 Å². The highest BCUT2D eigenvalue weighted by molar-refractivity contribution is 5.99. The van der Waals surface area contributed by atoms with E-state index in [2.05, 4.69) is 22.5 Å². The number of nitrogens with one attached hydrogen (secondary N) is 2. The molecule has 0 bridgehead atoms. The van der Waals surface area contributed by atoms with Gasteiger partial charge in [-0.25, -0.2) is 9.78 Å². The summed E-state index contributed by atoms with van der Waals surface area (Å²) < 4.78 is 5.68. The molecular formula is C21H18N4O2. The number of carbonyl (C=O) groups excluding carboxylic acids is 1. The lowest BCUT2D eigenvalue weighted by Gasteiger charge is -2.09. The van der Waals surface area contributed by atoms with Crippen LogP contribution in [0.1, 0.15) is 18.2 Å². The van der Waals surface area contributed by atoms with Crippen molar-refractivity contribution in [3.05, 3.63) is 78.1 Å². The molecule has 1 aromatic heterocycles. The molecule has 3 aromatic rings. The fraction of sp³-hybridized carbons (Fsp3) is 0.0952. The Morgan fingerprint density at radius 1 is 1.00 bits per heavy atom. The Bertz CT molecular complexity index is 961. The Morgan fingerprint density at radius 2 is 1.63 bits per heavy atom. The molecule has 2 N–H and O–H groups in total. The van der Waals surface area contributed by atoms with Gasteiger partial charge < -0.3 is 15.4 Å². The summed E-state index contributed by atoms with van der Waals surface area (Å²) in [7, 11) is 0. The molecule has 0 aliphatic carbocycles. The minimum atomic E-state index is -0.319. The van der Waals surface area contributed by atoms with Crippen LogP contribution in [-0.2, 0) is 6.42 Å². The van der Waals surface area contributed by atoms with Crippen LogP contribution in [0.2, 0.25) is 0 Å². The van der Waals surface area contributed by atoms with E-state index in [1.165, 1.54) is 11.8 Å². The molecule has 0 saturated heterocycles. The van der Waals surface area contributed by atoms with E-state index in [1.54, 1.807) is 36.4 Å². The van der Waals surface area contributed by atoms with Crippen LogP contribution in [0.5, 0.6) is 11.5 Å². The molecule has 0 radical (unpaired) electrons. The molecule has 0 unspecified atom stereocenters. The topological polar surface area (TPSA) is 87.0 Å². The van der Waals surface area contributed by atoms with Crippen LogP contribution in [0.15, 0.2) is 66.9 Å². The zero-order chi connectivity index (χ0) is 19.1. The number of nitriles is 1. The summed E-state index contributed by atoms with van der Waals surface area (Å²) in [6.45, 7) is 2.08. The Labute approximate surface area is 157 Å². The molecule has 134 valence electrons. The molecule has 6 heteroatoms. The van der Waals surface area contributed by atoms with Crippen LogP contribution < -0.4 is 15.4 Å². The monoisotopic (exact) mass is 358 g/mol. The molecule has 1 heterocycles. The predicted octanol–water partition coefficient (Wildman–Crippen LogP) is 4.95. The van der Waals surface area contributed by atoms with Gasteiger partial charge in [0, 0.05) is 23.6 Å². The van der Waals surface area contributed by atoms with Gasteiger partial charge in [0.15, 0.2) is 0 Å². The summed E-state index contributed by atoms with van der Waals surface area (Å²) in [6, 6.07) is 19.5. The second kappa shape index (κ2) is 8.50. The lowest BCUT2D eigenvalue weighted by molar-refractivity contribution is 0.262. The smallest absolute Gasteiger partial charge is 0.323 e. The maximum absolute atomic E-state index is 12.1. The van der Waals surface area contributed by atoms with E-state index in [-0.39, 0.29) is 11.7 Å². The quantitative estimate of drug-likeness (QED) is 0.675. The summed E-state index contributed by atoms with van der Waals surface area (Å²) in [6.07, 6.45) is 2.47. The first-order chi connectivity index (χ1) is 13.2. The van der Waals surface area contributed by atoms with E-state index in [0.717, 1.165) is 12.1 Å². The van der Waals surface area contributed by atoms with Crippen LogP contribution in [0.3, 0.4) is 0 Å². The van der Waals surface area contributed by atoms with Crippen molar-refractivity contribution in [1.82, 2.24) is 4.98 Å². The fourth-order valence-electron chi connectivity index (χ4n) is 2.40. The number of anilines is 2. The van der Waals surface area contributed by atoms with E-state index in [4.69, 9.17) is 10.00 Å². The lowest BCUT2D eigenvalue weighted by atomic mass is 10.1. The van der Waals surface area contributed by atoms with Crippen LogP contribution in [0, 0.1) is 11.3 Å². The highest BCUT2D eigenvalue weighted by atomic mass is 16.5. The second-order valence-electron chi connectivity index (χ2n) is 5.74. The summed E-state index contributed by atoms with van der Waals surface area (Å²) in [5, 5.41) is 14.4. The van der Waals surface area contributed by atoms with E-state index >= 15 is 0 Å². The molecule has 3 rings (SSSR count).